The zero-order valence-electron chi connectivity index (χ0n) is 14.6. The van der Waals surface area contributed by atoms with E-state index in [4.69, 9.17) is 11.6 Å². The molecule has 5 nitrogen and oxygen atoms in total. The number of halogens is 1. The number of aromatic nitrogens is 2. The van der Waals surface area contributed by atoms with E-state index in [1.54, 1.807) is 6.20 Å². The molecule has 1 aliphatic rings. The average Bonchev–Trinajstić information content (AvgIpc) is 3.27. The van der Waals surface area contributed by atoms with Crippen LogP contribution in [0.15, 0.2) is 36.5 Å². The fraction of sp³-hybridized carbons (Fsp3) is 0.474. The Morgan fingerprint density at radius 1 is 1.24 bits per heavy atom. The van der Waals surface area contributed by atoms with E-state index >= 15 is 0 Å². The van der Waals surface area contributed by atoms with Crippen LogP contribution in [0.3, 0.4) is 0 Å². The van der Waals surface area contributed by atoms with Gasteiger partial charge in [0, 0.05) is 36.4 Å². The molecular formula is C19H25ClN4O. The molecular weight excluding hydrogens is 336 g/mol. The summed E-state index contributed by atoms with van der Waals surface area (Å²) in [6, 6.07) is 10.1. The predicted molar refractivity (Wildman–Crippen MR) is 99.6 cm³/mol. The molecule has 1 saturated heterocycles. The highest BCUT2D eigenvalue weighted by Gasteiger charge is 2.23. The summed E-state index contributed by atoms with van der Waals surface area (Å²) in [5.74, 6) is 0.0630. The van der Waals surface area contributed by atoms with Gasteiger partial charge in [0.25, 0.3) is 0 Å². The minimum Gasteiger partial charge on any atom is -0.354 e. The number of nitrogens with one attached hydrogen (secondary N) is 1. The zero-order valence-corrected chi connectivity index (χ0v) is 15.4. The minimum absolute atomic E-state index is 0.0630. The molecule has 1 fully saturated rings. The summed E-state index contributed by atoms with van der Waals surface area (Å²) in [4.78, 5) is 14.7. The van der Waals surface area contributed by atoms with E-state index in [9.17, 15) is 4.79 Å². The minimum atomic E-state index is 0.0630. The molecule has 1 amide bonds. The number of nitrogens with zero attached hydrogens (tertiary/aromatic N) is 3. The Kier molecular flexibility index (Phi) is 6.10. The molecule has 1 aromatic carbocycles. The molecule has 6 heteroatoms. The van der Waals surface area contributed by atoms with Gasteiger partial charge < -0.3 is 5.32 Å². The van der Waals surface area contributed by atoms with E-state index in [1.165, 1.54) is 18.4 Å². The van der Waals surface area contributed by atoms with E-state index in [0.29, 0.717) is 19.5 Å². The van der Waals surface area contributed by atoms with E-state index in [-0.39, 0.29) is 11.9 Å². The molecule has 0 radical (unpaired) electrons. The van der Waals surface area contributed by atoms with Gasteiger partial charge in [-0.3, -0.25) is 14.4 Å². The van der Waals surface area contributed by atoms with Gasteiger partial charge in [-0.25, -0.2) is 0 Å². The van der Waals surface area contributed by atoms with E-state index < -0.39 is 0 Å². The quantitative estimate of drug-likeness (QED) is 0.825. The molecule has 0 saturated carbocycles. The molecule has 2 heterocycles. The van der Waals surface area contributed by atoms with Crippen LogP contribution in [0.5, 0.6) is 0 Å². The Labute approximate surface area is 154 Å². The van der Waals surface area contributed by atoms with Crippen LogP contribution in [0.1, 0.15) is 36.6 Å². The van der Waals surface area contributed by atoms with Crippen molar-refractivity contribution < 1.29 is 4.79 Å². The first-order valence-corrected chi connectivity index (χ1v) is 9.26. The lowest BCUT2D eigenvalue weighted by Gasteiger charge is -2.28. The van der Waals surface area contributed by atoms with Crippen LogP contribution in [0, 0.1) is 6.92 Å². The Morgan fingerprint density at radius 2 is 1.96 bits per heavy atom. The lowest BCUT2D eigenvalue weighted by molar-refractivity contribution is -0.121. The van der Waals surface area contributed by atoms with Crippen molar-refractivity contribution in [2.24, 2.45) is 0 Å². The molecule has 1 unspecified atom stereocenters. The lowest BCUT2D eigenvalue weighted by Crippen LogP contribution is -2.37. The Hall–Kier alpha value is -1.85. The summed E-state index contributed by atoms with van der Waals surface area (Å²) in [5.41, 5.74) is 2.28. The number of hydrogen-bond acceptors (Lipinski definition) is 3. The molecule has 1 aliphatic heterocycles. The van der Waals surface area contributed by atoms with Crippen molar-refractivity contribution in [3.05, 3.63) is 52.8 Å². The van der Waals surface area contributed by atoms with Crippen molar-refractivity contribution in [3.8, 4) is 0 Å². The van der Waals surface area contributed by atoms with Gasteiger partial charge in [-0.1, -0.05) is 23.7 Å². The van der Waals surface area contributed by atoms with Gasteiger partial charge in [-0.15, -0.1) is 0 Å². The zero-order chi connectivity index (χ0) is 17.6. The summed E-state index contributed by atoms with van der Waals surface area (Å²) >= 11 is 6.01. The summed E-state index contributed by atoms with van der Waals surface area (Å²) in [5, 5.41) is 8.06. The maximum Gasteiger partial charge on any atom is 0.221 e. The molecule has 0 aliphatic carbocycles. The predicted octanol–water partition coefficient (Wildman–Crippen LogP) is 3.19. The first kappa shape index (κ1) is 18.0. The SMILES string of the molecule is Cc1ccnn1CCC(=O)NCC(c1ccc(Cl)cc1)N1CCCC1. The second-order valence-corrected chi connectivity index (χ2v) is 7.00. The number of amides is 1. The number of carbonyl (C=O) groups is 1. The molecule has 1 aromatic heterocycles. The Bertz CT molecular complexity index is 692. The summed E-state index contributed by atoms with van der Waals surface area (Å²) in [6.07, 6.45) is 4.64. The fourth-order valence-corrected chi connectivity index (χ4v) is 3.46. The highest BCUT2D eigenvalue weighted by atomic mass is 35.5. The molecule has 1 N–H and O–H groups in total. The molecule has 3 rings (SSSR count). The third-order valence-corrected chi connectivity index (χ3v) is 5.06. The van der Waals surface area contributed by atoms with E-state index in [1.807, 2.05) is 29.8 Å². The standard InChI is InChI=1S/C19H25ClN4O/c1-15-8-10-22-24(15)13-9-19(25)21-14-18(23-11-2-3-12-23)16-4-6-17(20)7-5-16/h4-8,10,18H,2-3,9,11-14H2,1H3,(H,21,25). The summed E-state index contributed by atoms with van der Waals surface area (Å²) < 4.78 is 1.86. The summed E-state index contributed by atoms with van der Waals surface area (Å²) in [7, 11) is 0. The Morgan fingerprint density at radius 3 is 2.60 bits per heavy atom. The van der Waals surface area contributed by atoms with Gasteiger partial charge in [0.1, 0.15) is 0 Å². The smallest absolute Gasteiger partial charge is 0.221 e. The molecule has 0 bridgehead atoms. The second-order valence-electron chi connectivity index (χ2n) is 6.56. The maximum atomic E-state index is 12.3. The highest BCUT2D eigenvalue weighted by molar-refractivity contribution is 6.30. The third-order valence-electron chi connectivity index (χ3n) is 4.81. The number of aryl methyl sites for hydroxylation is 2. The number of likely N-dealkylation sites (tertiary alicyclic amines) is 1. The van der Waals surface area contributed by atoms with Crippen LogP contribution in [-0.2, 0) is 11.3 Å². The first-order chi connectivity index (χ1) is 12.1. The van der Waals surface area contributed by atoms with Gasteiger partial charge in [0.2, 0.25) is 5.91 Å². The van der Waals surface area contributed by atoms with Gasteiger partial charge in [-0.2, -0.15) is 5.10 Å². The van der Waals surface area contributed by atoms with Crippen molar-refractivity contribution in [2.75, 3.05) is 19.6 Å². The molecule has 1 atom stereocenters. The van der Waals surface area contributed by atoms with Crippen LogP contribution in [0.4, 0.5) is 0 Å². The van der Waals surface area contributed by atoms with Crippen molar-refractivity contribution in [1.82, 2.24) is 20.0 Å². The number of benzene rings is 1. The van der Waals surface area contributed by atoms with Gasteiger partial charge in [-0.05, 0) is 56.6 Å². The molecule has 2 aromatic rings. The van der Waals surface area contributed by atoms with Gasteiger partial charge in [0.05, 0.1) is 6.04 Å². The number of hydrogen-bond donors (Lipinski definition) is 1. The normalized spacial score (nSPS) is 16.1. The molecule has 134 valence electrons. The lowest BCUT2D eigenvalue weighted by atomic mass is 10.1. The van der Waals surface area contributed by atoms with Crippen LogP contribution in [0.2, 0.25) is 5.02 Å². The van der Waals surface area contributed by atoms with Crippen LogP contribution in [-0.4, -0.2) is 40.2 Å². The van der Waals surface area contributed by atoms with Crippen LogP contribution < -0.4 is 5.32 Å². The largest absolute Gasteiger partial charge is 0.354 e. The third kappa shape index (κ3) is 4.83. The number of rotatable bonds is 7. The van der Waals surface area contributed by atoms with Crippen LogP contribution >= 0.6 is 11.6 Å². The topological polar surface area (TPSA) is 50.2 Å². The van der Waals surface area contributed by atoms with Crippen LogP contribution in [0.25, 0.3) is 0 Å². The Balaban J connectivity index is 1.57. The second kappa shape index (κ2) is 8.50. The van der Waals surface area contributed by atoms with Crippen molar-refractivity contribution in [3.63, 3.8) is 0 Å². The van der Waals surface area contributed by atoms with Crippen molar-refractivity contribution >= 4 is 17.5 Å². The number of carbonyl (C=O) groups excluding carboxylic acids is 1. The molecule has 25 heavy (non-hydrogen) atoms. The van der Waals surface area contributed by atoms with Crippen molar-refractivity contribution in [1.29, 1.82) is 0 Å². The van der Waals surface area contributed by atoms with E-state index in [2.05, 4.69) is 27.4 Å². The molecule has 0 spiro atoms. The van der Waals surface area contributed by atoms with E-state index in [0.717, 1.165) is 23.8 Å². The van der Waals surface area contributed by atoms with Gasteiger partial charge in [0.15, 0.2) is 0 Å². The van der Waals surface area contributed by atoms with Crippen molar-refractivity contribution in [2.45, 2.75) is 38.8 Å². The maximum absolute atomic E-state index is 12.3. The fourth-order valence-electron chi connectivity index (χ4n) is 3.34. The average molecular weight is 361 g/mol. The van der Waals surface area contributed by atoms with Gasteiger partial charge >= 0.3 is 0 Å². The first-order valence-electron chi connectivity index (χ1n) is 8.88. The highest BCUT2D eigenvalue weighted by Crippen LogP contribution is 2.25. The summed E-state index contributed by atoms with van der Waals surface area (Å²) in [6.45, 7) is 5.39. The monoisotopic (exact) mass is 360 g/mol.